The van der Waals surface area contributed by atoms with Gasteiger partial charge in [0.25, 0.3) is 0 Å². The molecule has 0 saturated carbocycles. The molecule has 4 nitrogen and oxygen atoms in total. The average molecular weight is 249 g/mol. The van der Waals surface area contributed by atoms with Gasteiger partial charge in [0.05, 0.1) is 17.8 Å². The largest absolute Gasteiger partial charge is 0.326 e. The Morgan fingerprint density at radius 3 is 2.71 bits per heavy atom. The molecule has 88 valence electrons. The Bertz CT molecular complexity index is 554. The van der Waals surface area contributed by atoms with Crippen LogP contribution < -0.4 is 5.73 Å². The van der Waals surface area contributed by atoms with Gasteiger partial charge >= 0.3 is 0 Å². The van der Waals surface area contributed by atoms with Crippen LogP contribution in [-0.2, 0) is 6.54 Å². The molecule has 0 bridgehead atoms. The highest BCUT2D eigenvalue weighted by Crippen LogP contribution is 2.23. The highest BCUT2D eigenvalue weighted by atomic mass is 35.5. The Labute approximate surface area is 106 Å². The summed E-state index contributed by atoms with van der Waals surface area (Å²) in [5.41, 5.74) is 10.1. The lowest BCUT2D eigenvalue weighted by molar-refractivity contribution is 1.05. The van der Waals surface area contributed by atoms with Crippen molar-refractivity contribution in [1.82, 2.24) is 10.2 Å². The van der Waals surface area contributed by atoms with Gasteiger partial charge in [-0.25, -0.2) is 0 Å². The van der Waals surface area contributed by atoms with Crippen molar-refractivity contribution in [1.29, 1.82) is 5.26 Å². The summed E-state index contributed by atoms with van der Waals surface area (Å²) >= 11 is 0. The van der Waals surface area contributed by atoms with E-state index in [1.165, 1.54) is 0 Å². The Kier molecular flexibility index (Phi) is 4.27. The van der Waals surface area contributed by atoms with E-state index in [1.54, 1.807) is 12.3 Å². The molecule has 1 heterocycles. The van der Waals surface area contributed by atoms with Gasteiger partial charge in [-0.1, -0.05) is 0 Å². The minimum absolute atomic E-state index is 0. The quantitative estimate of drug-likeness (QED) is 0.855. The summed E-state index contributed by atoms with van der Waals surface area (Å²) in [5.74, 6) is 0. The SMILES string of the molecule is Cc1[nH]ncc1-c1cc(C#N)cc(CN)c1.Cl. The van der Waals surface area contributed by atoms with Crippen LogP contribution in [0.1, 0.15) is 16.8 Å². The number of aryl methyl sites for hydroxylation is 1. The molecular weight excluding hydrogens is 236 g/mol. The first kappa shape index (κ1) is 13.2. The summed E-state index contributed by atoms with van der Waals surface area (Å²) in [4.78, 5) is 0. The number of nitrogens with zero attached hydrogens (tertiary/aromatic N) is 2. The second kappa shape index (κ2) is 5.48. The van der Waals surface area contributed by atoms with Crippen molar-refractivity contribution in [2.45, 2.75) is 13.5 Å². The van der Waals surface area contributed by atoms with Crippen molar-refractivity contribution < 1.29 is 0 Å². The molecular formula is C12H13ClN4. The van der Waals surface area contributed by atoms with Gasteiger partial charge in [0.15, 0.2) is 0 Å². The van der Waals surface area contributed by atoms with Gasteiger partial charge in [-0.05, 0) is 36.2 Å². The molecule has 2 rings (SSSR count). The number of benzene rings is 1. The summed E-state index contributed by atoms with van der Waals surface area (Å²) < 4.78 is 0. The lowest BCUT2D eigenvalue weighted by atomic mass is 10.0. The van der Waals surface area contributed by atoms with Gasteiger partial charge in [0.1, 0.15) is 0 Å². The number of aromatic nitrogens is 2. The number of hydrogen-bond acceptors (Lipinski definition) is 3. The molecule has 3 N–H and O–H groups in total. The Balaban J connectivity index is 0.00000144. The van der Waals surface area contributed by atoms with Gasteiger partial charge in [-0.2, -0.15) is 10.4 Å². The normalized spacial score (nSPS) is 9.47. The van der Waals surface area contributed by atoms with Gasteiger partial charge in [0.2, 0.25) is 0 Å². The Morgan fingerprint density at radius 2 is 2.18 bits per heavy atom. The Hall–Kier alpha value is -1.83. The van der Waals surface area contributed by atoms with Crippen LogP contribution in [0.4, 0.5) is 0 Å². The molecule has 5 heteroatoms. The van der Waals surface area contributed by atoms with E-state index < -0.39 is 0 Å². The fourth-order valence-electron chi connectivity index (χ4n) is 1.67. The first-order chi connectivity index (χ1) is 7.74. The number of rotatable bonds is 2. The molecule has 2 aromatic rings. The zero-order valence-corrected chi connectivity index (χ0v) is 10.2. The number of nitrogens with two attached hydrogens (primary N) is 1. The zero-order chi connectivity index (χ0) is 11.5. The fraction of sp³-hybridized carbons (Fsp3) is 0.167. The number of hydrogen-bond donors (Lipinski definition) is 2. The lowest BCUT2D eigenvalue weighted by Crippen LogP contribution is -1.97. The van der Waals surface area contributed by atoms with Crippen LogP contribution in [0.5, 0.6) is 0 Å². The van der Waals surface area contributed by atoms with Crippen LogP contribution in [0, 0.1) is 18.3 Å². The monoisotopic (exact) mass is 248 g/mol. The van der Waals surface area contributed by atoms with Crippen molar-refractivity contribution in [3.8, 4) is 17.2 Å². The van der Waals surface area contributed by atoms with E-state index in [0.717, 1.165) is 22.4 Å². The molecule has 0 fully saturated rings. The molecule has 0 spiro atoms. The minimum Gasteiger partial charge on any atom is -0.326 e. The third-order valence-corrected chi connectivity index (χ3v) is 2.50. The summed E-state index contributed by atoms with van der Waals surface area (Å²) in [5, 5.41) is 15.8. The van der Waals surface area contributed by atoms with E-state index >= 15 is 0 Å². The number of halogens is 1. The van der Waals surface area contributed by atoms with Crippen molar-refractivity contribution >= 4 is 12.4 Å². The molecule has 1 aromatic carbocycles. The molecule has 0 aliphatic carbocycles. The van der Waals surface area contributed by atoms with Crippen LogP contribution in [-0.4, -0.2) is 10.2 Å². The van der Waals surface area contributed by atoms with Gasteiger partial charge in [-0.3, -0.25) is 5.10 Å². The maximum Gasteiger partial charge on any atom is 0.0991 e. The van der Waals surface area contributed by atoms with Crippen LogP contribution in [0.25, 0.3) is 11.1 Å². The van der Waals surface area contributed by atoms with E-state index in [0.29, 0.717) is 12.1 Å². The molecule has 0 amide bonds. The van der Waals surface area contributed by atoms with E-state index in [9.17, 15) is 0 Å². The molecule has 0 unspecified atom stereocenters. The highest BCUT2D eigenvalue weighted by Gasteiger charge is 2.06. The van der Waals surface area contributed by atoms with Gasteiger partial charge < -0.3 is 5.73 Å². The molecule has 0 saturated heterocycles. The van der Waals surface area contributed by atoms with E-state index in [-0.39, 0.29) is 12.4 Å². The molecule has 0 aliphatic rings. The zero-order valence-electron chi connectivity index (χ0n) is 9.40. The first-order valence-electron chi connectivity index (χ1n) is 4.99. The number of aromatic amines is 1. The number of nitrogens with one attached hydrogen (secondary N) is 1. The summed E-state index contributed by atoms with van der Waals surface area (Å²) in [6.07, 6.45) is 1.76. The second-order valence-corrected chi connectivity index (χ2v) is 3.64. The summed E-state index contributed by atoms with van der Waals surface area (Å²) in [6, 6.07) is 7.77. The van der Waals surface area contributed by atoms with Crippen LogP contribution in [0.3, 0.4) is 0 Å². The van der Waals surface area contributed by atoms with Crippen molar-refractivity contribution in [2.24, 2.45) is 5.73 Å². The third kappa shape index (κ3) is 2.64. The number of H-pyrrole nitrogens is 1. The predicted molar refractivity (Wildman–Crippen MR) is 68.6 cm³/mol. The maximum atomic E-state index is 8.93. The molecule has 0 atom stereocenters. The van der Waals surface area contributed by atoms with E-state index in [1.807, 2.05) is 19.1 Å². The highest BCUT2D eigenvalue weighted by molar-refractivity contribution is 5.85. The summed E-state index contributed by atoms with van der Waals surface area (Å²) in [6.45, 7) is 2.38. The van der Waals surface area contributed by atoms with Crippen molar-refractivity contribution in [3.63, 3.8) is 0 Å². The first-order valence-corrected chi connectivity index (χ1v) is 4.99. The van der Waals surface area contributed by atoms with Crippen LogP contribution in [0.15, 0.2) is 24.4 Å². The average Bonchev–Trinajstić information content (AvgIpc) is 2.74. The van der Waals surface area contributed by atoms with Crippen molar-refractivity contribution in [2.75, 3.05) is 0 Å². The van der Waals surface area contributed by atoms with E-state index in [4.69, 9.17) is 11.0 Å². The lowest BCUT2D eigenvalue weighted by Gasteiger charge is -2.04. The minimum atomic E-state index is 0. The van der Waals surface area contributed by atoms with Gasteiger partial charge in [-0.15, -0.1) is 12.4 Å². The number of nitriles is 1. The third-order valence-electron chi connectivity index (χ3n) is 2.50. The van der Waals surface area contributed by atoms with Gasteiger partial charge in [0, 0.05) is 17.8 Å². The maximum absolute atomic E-state index is 8.93. The standard InChI is InChI=1S/C12H12N4.ClH/c1-8-12(7-15-16-8)11-3-9(5-13)2-10(4-11)6-14;/h2-4,7H,5,13H2,1H3,(H,15,16);1H. The molecule has 0 aliphatic heterocycles. The fourth-order valence-corrected chi connectivity index (χ4v) is 1.67. The Morgan fingerprint density at radius 1 is 1.41 bits per heavy atom. The van der Waals surface area contributed by atoms with E-state index in [2.05, 4.69) is 16.3 Å². The predicted octanol–water partition coefficient (Wildman–Crippen LogP) is 2.14. The smallest absolute Gasteiger partial charge is 0.0991 e. The van der Waals surface area contributed by atoms with Crippen LogP contribution >= 0.6 is 12.4 Å². The molecule has 0 radical (unpaired) electrons. The topological polar surface area (TPSA) is 78.5 Å². The second-order valence-electron chi connectivity index (χ2n) is 3.64. The van der Waals surface area contributed by atoms with Crippen LogP contribution in [0.2, 0.25) is 0 Å². The molecule has 1 aromatic heterocycles. The molecule has 17 heavy (non-hydrogen) atoms. The van der Waals surface area contributed by atoms with Crippen molar-refractivity contribution in [3.05, 3.63) is 41.2 Å². The summed E-state index contributed by atoms with van der Waals surface area (Å²) in [7, 11) is 0.